The molecule has 21 heavy (non-hydrogen) atoms. The van der Waals surface area contributed by atoms with Gasteiger partial charge in [0.15, 0.2) is 15.4 Å². The standard InChI is InChI=1S/C14H19N3O3S/c1-2-21(18,19)11-3-4-13-12(9-11)17-14(20-13)16-10-5-7-15-8-6-10/h3-4,9-10,15H,2,5-8H2,1H3,(H,16,17). The molecule has 0 atom stereocenters. The van der Waals surface area contributed by atoms with E-state index >= 15 is 0 Å². The maximum atomic E-state index is 11.9. The van der Waals surface area contributed by atoms with Crippen molar-refractivity contribution >= 4 is 27.0 Å². The molecule has 1 fully saturated rings. The van der Waals surface area contributed by atoms with Gasteiger partial charge in [0.2, 0.25) is 0 Å². The van der Waals surface area contributed by atoms with Gasteiger partial charge in [-0.05, 0) is 44.1 Å². The Labute approximate surface area is 123 Å². The number of sulfone groups is 1. The summed E-state index contributed by atoms with van der Waals surface area (Å²) in [6, 6.07) is 5.62. The average molecular weight is 309 g/mol. The molecular formula is C14H19N3O3S. The Hall–Kier alpha value is -1.60. The molecule has 2 aromatic rings. The zero-order chi connectivity index (χ0) is 14.9. The van der Waals surface area contributed by atoms with Crippen molar-refractivity contribution in [3.8, 4) is 0 Å². The molecule has 1 saturated heterocycles. The third-order valence-electron chi connectivity index (χ3n) is 3.76. The van der Waals surface area contributed by atoms with Gasteiger partial charge in [-0.1, -0.05) is 6.92 Å². The summed E-state index contributed by atoms with van der Waals surface area (Å²) in [7, 11) is -3.22. The van der Waals surface area contributed by atoms with Crippen LogP contribution in [-0.4, -0.2) is 38.3 Å². The van der Waals surface area contributed by atoms with Crippen molar-refractivity contribution in [2.75, 3.05) is 24.2 Å². The number of nitrogens with one attached hydrogen (secondary N) is 2. The number of hydrogen-bond acceptors (Lipinski definition) is 6. The molecule has 1 aliphatic rings. The van der Waals surface area contributed by atoms with E-state index in [2.05, 4.69) is 15.6 Å². The highest BCUT2D eigenvalue weighted by atomic mass is 32.2. The Bertz CT molecular complexity index is 733. The lowest BCUT2D eigenvalue weighted by atomic mass is 10.1. The Balaban J connectivity index is 1.86. The van der Waals surface area contributed by atoms with Crippen molar-refractivity contribution in [3.63, 3.8) is 0 Å². The maximum absolute atomic E-state index is 11.9. The fourth-order valence-electron chi connectivity index (χ4n) is 2.47. The highest BCUT2D eigenvalue weighted by Gasteiger charge is 2.17. The lowest BCUT2D eigenvalue weighted by Gasteiger charge is -2.22. The van der Waals surface area contributed by atoms with Crippen molar-refractivity contribution in [2.45, 2.75) is 30.7 Å². The van der Waals surface area contributed by atoms with Gasteiger partial charge in [0.25, 0.3) is 6.01 Å². The van der Waals surface area contributed by atoms with Gasteiger partial charge < -0.3 is 15.1 Å². The van der Waals surface area contributed by atoms with Crippen LogP contribution in [0, 0.1) is 0 Å². The highest BCUT2D eigenvalue weighted by Crippen LogP contribution is 2.24. The zero-order valence-electron chi connectivity index (χ0n) is 11.9. The van der Waals surface area contributed by atoms with E-state index in [0.717, 1.165) is 25.9 Å². The van der Waals surface area contributed by atoms with Crippen LogP contribution >= 0.6 is 0 Å². The first-order chi connectivity index (χ1) is 10.1. The fraction of sp³-hybridized carbons (Fsp3) is 0.500. The molecule has 0 spiro atoms. The van der Waals surface area contributed by atoms with Gasteiger partial charge in [-0.2, -0.15) is 4.98 Å². The molecule has 2 N–H and O–H groups in total. The van der Waals surface area contributed by atoms with Crippen LogP contribution in [0.2, 0.25) is 0 Å². The smallest absolute Gasteiger partial charge is 0.295 e. The van der Waals surface area contributed by atoms with Crippen molar-refractivity contribution in [3.05, 3.63) is 18.2 Å². The van der Waals surface area contributed by atoms with E-state index < -0.39 is 9.84 Å². The summed E-state index contributed by atoms with van der Waals surface area (Å²) in [4.78, 5) is 4.64. The normalized spacial score (nSPS) is 17.2. The van der Waals surface area contributed by atoms with Crippen LogP contribution < -0.4 is 10.6 Å². The van der Waals surface area contributed by atoms with Gasteiger partial charge in [-0.3, -0.25) is 0 Å². The number of benzene rings is 1. The molecule has 1 aromatic carbocycles. The Morgan fingerprint density at radius 2 is 2.14 bits per heavy atom. The number of oxazole rings is 1. The molecule has 0 bridgehead atoms. The average Bonchev–Trinajstić information content (AvgIpc) is 2.89. The largest absolute Gasteiger partial charge is 0.424 e. The third kappa shape index (κ3) is 3.03. The van der Waals surface area contributed by atoms with E-state index in [-0.39, 0.29) is 5.75 Å². The highest BCUT2D eigenvalue weighted by molar-refractivity contribution is 7.91. The fourth-order valence-corrected chi connectivity index (χ4v) is 3.37. The van der Waals surface area contributed by atoms with Gasteiger partial charge in [0.05, 0.1) is 10.6 Å². The molecule has 0 amide bonds. The van der Waals surface area contributed by atoms with Crippen LogP contribution in [-0.2, 0) is 9.84 Å². The molecule has 1 aromatic heterocycles. The molecule has 114 valence electrons. The predicted molar refractivity (Wildman–Crippen MR) is 81.3 cm³/mol. The lowest BCUT2D eigenvalue weighted by Crippen LogP contribution is -2.35. The SMILES string of the molecule is CCS(=O)(=O)c1ccc2oc(NC3CCNCC3)nc2c1. The first-order valence-electron chi connectivity index (χ1n) is 7.19. The minimum atomic E-state index is -3.22. The summed E-state index contributed by atoms with van der Waals surface area (Å²) in [5.74, 6) is 0.0799. The van der Waals surface area contributed by atoms with E-state index in [4.69, 9.17) is 4.42 Å². The molecule has 0 saturated carbocycles. The Morgan fingerprint density at radius 1 is 1.38 bits per heavy atom. The number of piperidine rings is 1. The number of hydrogen-bond donors (Lipinski definition) is 2. The maximum Gasteiger partial charge on any atom is 0.295 e. The molecule has 0 aliphatic carbocycles. The first-order valence-corrected chi connectivity index (χ1v) is 8.84. The number of aromatic nitrogens is 1. The number of anilines is 1. The van der Waals surface area contributed by atoms with Crippen LogP contribution in [0.25, 0.3) is 11.1 Å². The summed E-state index contributed by atoms with van der Waals surface area (Å²) in [5.41, 5.74) is 1.17. The van der Waals surface area contributed by atoms with Crippen LogP contribution in [0.15, 0.2) is 27.5 Å². The van der Waals surface area contributed by atoms with E-state index in [1.165, 1.54) is 0 Å². The minimum absolute atomic E-state index is 0.0799. The Kier molecular flexibility index (Phi) is 3.86. The number of nitrogens with zero attached hydrogens (tertiary/aromatic N) is 1. The zero-order valence-corrected chi connectivity index (χ0v) is 12.7. The second-order valence-electron chi connectivity index (χ2n) is 5.22. The van der Waals surface area contributed by atoms with Crippen molar-refractivity contribution < 1.29 is 12.8 Å². The molecule has 0 unspecified atom stereocenters. The van der Waals surface area contributed by atoms with Gasteiger partial charge in [-0.15, -0.1) is 0 Å². The molecule has 3 rings (SSSR count). The van der Waals surface area contributed by atoms with Gasteiger partial charge in [-0.25, -0.2) is 8.42 Å². The number of fused-ring (bicyclic) bond motifs is 1. The third-order valence-corrected chi connectivity index (χ3v) is 5.50. The van der Waals surface area contributed by atoms with Gasteiger partial charge in [0.1, 0.15) is 5.52 Å². The van der Waals surface area contributed by atoms with Crippen molar-refractivity contribution in [1.82, 2.24) is 10.3 Å². The molecule has 1 aliphatic heterocycles. The molecule has 2 heterocycles. The summed E-state index contributed by atoms with van der Waals surface area (Å²) in [6.45, 7) is 3.60. The second-order valence-corrected chi connectivity index (χ2v) is 7.50. The van der Waals surface area contributed by atoms with Gasteiger partial charge >= 0.3 is 0 Å². The van der Waals surface area contributed by atoms with Crippen LogP contribution in [0.3, 0.4) is 0 Å². The van der Waals surface area contributed by atoms with E-state index in [0.29, 0.717) is 28.1 Å². The minimum Gasteiger partial charge on any atom is -0.424 e. The molecule has 6 nitrogen and oxygen atoms in total. The Morgan fingerprint density at radius 3 is 2.86 bits per heavy atom. The number of rotatable bonds is 4. The quantitative estimate of drug-likeness (QED) is 0.895. The summed E-state index contributed by atoms with van der Waals surface area (Å²) in [5, 5.41) is 6.58. The summed E-state index contributed by atoms with van der Waals surface area (Å²) < 4.78 is 29.4. The van der Waals surface area contributed by atoms with Crippen molar-refractivity contribution in [1.29, 1.82) is 0 Å². The molecule has 7 heteroatoms. The molecular weight excluding hydrogens is 290 g/mol. The van der Waals surface area contributed by atoms with Crippen LogP contribution in [0.1, 0.15) is 19.8 Å². The van der Waals surface area contributed by atoms with Crippen molar-refractivity contribution in [2.24, 2.45) is 0 Å². The van der Waals surface area contributed by atoms with E-state index in [1.807, 2.05) is 0 Å². The first kappa shape index (κ1) is 14.3. The second kappa shape index (κ2) is 5.65. The topological polar surface area (TPSA) is 84.2 Å². The van der Waals surface area contributed by atoms with Gasteiger partial charge in [0, 0.05) is 6.04 Å². The van der Waals surface area contributed by atoms with Crippen LogP contribution in [0.5, 0.6) is 0 Å². The predicted octanol–water partition coefficient (Wildman–Crippen LogP) is 1.79. The lowest BCUT2D eigenvalue weighted by molar-refractivity contribution is 0.466. The summed E-state index contributed by atoms with van der Waals surface area (Å²) >= 11 is 0. The van der Waals surface area contributed by atoms with Crippen LogP contribution in [0.4, 0.5) is 6.01 Å². The molecule has 0 radical (unpaired) electrons. The van der Waals surface area contributed by atoms with E-state index in [9.17, 15) is 8.42 Å². The monoisotopic (exact) mass is 309 g/mol. The van der Waals surface area contributed by atoms with E-state index in [1.54, 1.807) is 25.1 Å². The summed E-state index contributed by atoms with van der Waals surface area (Å²) in [6.07, 6.45) is 2.04.